The second-order valence-corrected chi connectivity index (χ2v) is 5.79. The summed E-state index contributed by atoms with van der Waals surface area (Å²) in [6.45, 7) is 6.27. The van der Waals surface area contributed by atoms with Crippen LogP contribution in [-0.2, 0) is 4.79 Å². The van der Waals surface area contributed by atoms with Gasteiger partial charge in [-0.1, -0.05) is 23.7 Å². The number of carbonyl (C=O) groups excluding carboxylic acids is 1. The molecule has 3 nitrogen and oxygen atoms in total. The molecule has 2 aromatic carbocycles. The number of aryl methyl sites for hydroxylation is 2. The van der Waals surface area contributed by atoms with Gasteiger partial charge in [0.05, 0.1) is 13.0 Å². The predicted molar refractivity (Wildman–Crippen MR) is 90.8 cm³/mol. The lowest BCUT2D eigenvalue weighted by Crippen LogP contribution is -2.16. The number of hydrogen-bond acceptors (Lipinski definition) is 2. The lowest BCUT2D eigenvalue weighted by Gasteiger charge is -2.11. The molecule has 22 heavy (non-hydrogen) atoms. The van der Waals surface area contributed by atoms with Gasteiger partial charge < -0.3 is 10.1 Å². The Morgan fingerprint density at radius 2 is 1.82 bits per heavy atom. The Morgan fingerprint density at radius 3 is 2.50 bits per heavy atom. The summed E-state index contributed by atoms with van der Waals surface area (Å²) < 4.78 is 5.64. The van der Waals surface area contributed by atoms with Gasteiger partial charge in [0.1, 0.15) is 5.75 Å². The van der Waals surface area contributed by atoms with Crippen LogP contribution in [0.5, 0.6) is 5.75 Å². The van der Waals surface area contributed by atoms with E-state index in [4.69, 9.17) is 16.3 Å². The highest BCUT2D eigenvalue weighted by molar-refractivity contribution is 6.31. The molecule has 0 saturated carbocycles. The van der Waals surface area contributed by atoms with E-state index in [0.717, 1.165) is 28.1 Å². The van der Waals surface area contributed by atoms with Crippen LogP contribution >= 0.6 is 11.6 Å². The lowest BCUT2D eigenvalue weighted by molar-refractivity contribution is -0.116. The molecule has 2 aromatic rings. The van der Waals surface area contributed by atoms with Crippen molar-refractivity contribution in [2.24, 2.45) is 0 Å². The fraction of sp³-hybridized carbons (Fsp3) is 0.278. The Labute approximate surface area is 136 Å². The molecule has 0 fully saturated rings. The van der Waals surface area contributed by atoms with E-state index in [-0.39, 0.29) is 5.91 Å². The topological polar surface area (TPSA) is 38.3 Å². The number of benzene rings is 2. The first-order valence-electron chi connectivity index (χ1n) is 7.22. The zero-order valence-corrected chi connectivity index (χ0v) is 13.8. The maximum atomic E-state index is 12.0. The molecule has 0 radical (unpaired) electrons. The minimum absolute atomic E-state index is 0.0882. The van der Waals surface area contributed by atoms with Crippen molar-refractivity contribution < 1.29 is 9.53 Å². The SMILES string of the molecule is Cc1cc(C)cc(OCCC(=O)Nc2cccc(Cl)c2C)c1. The average Bonchev–Trinajstić information content (AvgIpc) is 2.43. The van der Waals surface area contributed by atoms with Crippen molar-refractivity contribution in [2.45, 2.75) is 27.2 Å². The summed E-state index contributed by atoms with van der Waals surface area (Å²) in [5.41, 5.74) is 3.90. The van der Waals surface area contributed by atoms with E-state index in [1.807, 2.05) is 45.0 Å². The molecule has 1 N–H and O–H groups in total. The first-order chi connectivity index (χ1) is 10.5. The number of anilines is 1. The van der Waals surface area contributed by atoms with Gasteiger partial charge in [0.2, 0.25) is 5.91 Å². The Hall–Kier alpha value is -2.00. The van der Waals surface area contributed by atoms with E-state index in [2.05, 4.69) is 11.4 Å². The molecule has 0 aliphatic heterocycles. The summed E-state index contributed by atoms with van der Waals surface area (Å²) in [5, 5.41) is 3.50. The summed E-state index contributed by atoms with van der Waals surface area (Å²) >= 11 is 6.04. The van der Waals surface area contributed by atoms with Crippen molar-refractivity contribution in [3.8, 4) is 5.75 Å². The third-order valence-electron chi connectivity index (χ3n) is 3.33. The van der Waals surface area contributed by atoms with Crippen molar-refractivity contribution in [1.29, 1.82) is 0 Å². The van der Waals surface area contributed by atoms with E-state index in [9.17, 15) is 4.79 Å². The van der Waals surface area contributed by atoms with Gasteiger partial charge in [0.25, 0.3) is 0 Å². The Morgan fingerprint density at radius 1 is 1.14 bits per heavy atom. The van der Waals surface area contributed by atoms with Crippen molar-refractivity contribution in [1.82, 2.24) is 0 Å². The van der Waals surface area contributed by atoms with Gasteiger partial charge in [0, 0.05) is 10.7 Å². The second-order valence-electron chi connectivity index (χ2n) is 5.38. The van der Waals surface area contributed by atoms with Crippen LogP contribution in [0.3, 0.4) is 0 Å². The van der Waals surface area contributed by atoms with Crippen LogP contribution in [0.4, 0.5) is 5.69 Å². The summed E-state index contributed by atoms with van der Waals surface area (Å²) in [7, 11) is 0. The second kappa shape index (κ2) is 7.32. The van der Waals surface area contributed by atoms with E-state index in [1.54, 1.807) is 6.07 Å². The molecular weight excluding hydrogens is 298 g/mol. The number of hydrogen-bond donors (Lipinski definition) is 1. The highest BCUT2D eigenvalue weighted by Crippen LogP contribution is 2.23. The molecule has 0 saturated heterocycles. The van der Waals surface area contributed by atoms with E-state index >= 15 is 0 Å². The molecule has 0 aromatic heterocycles. The summed E-state index contributed by atoms with van der Waals surface area (Å²) in [6, 6.07) is 11.5. The largest absolute Gasteiger partial charge is 0.493 e. The minimum atomic E-state index is -0.0882. The Kier molecular flexibility index (Phi) is 5.45. The van der Waals surface area contributed by atoms with Crippen LogP contribution in [0.15, 0.2) is 36.4 Å². The van der Waals surface area contributed by atoms with E-state index < -0.39 is 0 Å². The molecule has 0 aliphatic carbocycles. The number of ether oxygens (including phenoxy) is 1. The van der Waals surface area contributed by atoms with E-state index in [1.165, 1.54) is 0 Å². The Bertz CT molecular complexity index is 663. The van der Waals surface area contributed by atoms with Crippen LogP contribution in [0.25, 0.3) is 0 Å². The maximum absolute atomic E-state index is 12.0. The molecule has 0 aliphatic rings. The predicted octanol–water partition coefficient (Wildman–Crippen LogP) is 4.67. The van der Waals surface area contributed by atoms with Gasteiger partial charge in [-0.2, -0.15) is 0 Å². The number of rotatable bonds is 5. The standard InChI is InChI=1S/C18H20ClNO2/c1-12-9-13(2)11-15(10-12)22-8-7-18(21)20-17-6-4-5-16(19)14(17)3/h4-6,9-11H,7-8H2,1-3H3,(H,20,21). The lowest BCUT2D eigenvalue weighted by atomic mass is 10.1. The van der Waals surface area contributed by atoms with Crippen LogP contribution in [-0.4, -0.2) is 12.5 Å². The zero-order chi connectivity index (χ0) is 16.1. The third kappa shape index (κ3) is 4.50. The highest BCUT2D eigenvalue weighted by atomic mass is 35.5. The molecule has 1 amide bonds. The highest BCUT2D eigenvalue weighted by Gasteiger charge is 2.07. The molecule has 0 bridgehead atoms. The number of nitrogens with one attached hydrogen (secondary N) is 1. The van der Waals surface area contributed by atoms with Crippen molar-refractivity contribution in [3.63, 3.8) is 0 Å². The summed E-state index contributed by atoms with van der Waals surface area (Å²) in [4.78, 5) is 12.0. The Balaban J connectivity index is 1.86. The normalized spacial score (nSPS) is 10.4. The molecule has 0 atom stereocenters. The van der Waals surface area contributed by atoms with Gasteiger partial charge >= 0.3 is 0 Å². The van der Waals surface area contributed by atoms with E-state index in [0.29, 0.717) is 18.1 Å². The first kappa shape index (κ1) is 16.4. The fourth-order valence-electron chi connectivity index (χ4n) is 2.23. The minimum Gasteiger partial charge on any atom is -0.493 e. The molecule has 2 rings (SSSR count). The molecular formula is C18H20ClNO2. The van der Waals surface area contributed by atoms with Crippen LogP contribution in [0, 0.1) is 20.8 Å². The zero-order valence-electron chi connectivity index (χ0n) is 13.1. The molecule has 0 heterocycles. The van der Waals surface area contributed by atoms with Crippen molar-refractivity contribution in [3.05, 3.63) is 58.1 Å². The average molecular weight is 318 g/mol. The van der Waals surface area contributed by atoms with Crippen molar-refractivity contribution >= 4 is 23.2 Å². The quantitative estimate of drug-likeness (QED) is 0.870. The summed E-state index contributed by atoms with van der Waals surface area (Å²) in [6.07, 6.45) is 0.291. The fourth-order valence-corrected chi connectivity index (χ4v) is 2.41. The van der Waals surface area contributed by atoms with Gasteiger partial charge in [-0.25, -0.2) is 0 Å². The number of amides is 1. The maximum Gasteiger partial charge on any atom is 0.227 e. The van der Waals surface area contributed by atoms with Gasteiger partial charge in [-0.15, -0.1) is 0 Å². The molecule has 116 valence electrons. The van der Waals surface area contributed by atoms with Crippen LogP contribution in [0.2, 0.25) is 5.02 Å². The monoisotopic (exact) mass is 317 g/mol. The molecule has 0 unspecified atom stereocenters. The third-order valence-corrected chi connectivity index (χ3v) is 3.74. The number of halogens is 1. The smallest absolute Gasteiger partial charge is 0.227 e. The molecule has 0 spiro atoms. The van der Waals surface area contributed by atoms with Gasteiger partial charge in [0.15, 0.2) is 0 Å². The number of carbonyl (C=O) groups is 1. The van der Waals surface area contributed by atoms with Crippen molar-refractivity contribution in [2.75, 3.05) is 11.9 Å². The first-order valence-corrected chi connectivity index (χ1v) is 7.59. The van der Waals surface area contributed by atoms with Gasteiger partial charge in [-0.05, 0) is 61.7 Å². The van der Waals surface area contributed by atoms with Crippen LogP contribution in [0.1, 0.15) is 23.1 Å². The molecule has 4 heteroatoms. The van der Waals surface area contributed by atoms with Crippen LogP contribution < -0.4 is 10.1 Å². The van der Waals surface area contributed by atoms with Gasteiger partial charge in [-0.3, -0.25) is 4.79 Å². The summed E-state index contributed by atoms with van der Waals surface area (Å²) in [5.74, 6) is 0.707.